The zero-order valence-corrected chi connectivity index (χ0v) is 13.6. The van der Waals surface area contributed by atoms with E-state index in [1.807, 2.05) is 30.5 Å². The molecule has 1 amide bonds. The van der Waals surface area contributed by atoms with Crippen molar-refractivity contribution < 1.29 is 9.53 Å². The standard InChI is InChI=1S/C17H16N6O2/c1-25-17-7-5-15-21-20-14(23(15)22-17)4-6-16(24)19-12-3-2-11-8-9-18-13(11)10-12/h2-3,5,7-10,18H,4,6H2,1H3,(H,19,24). The Labute approximate surface area is 142 Å². The monoisotopic (exact) mass is 336 g/mol. The minimum absolute atomic E-state index is 0.0921. The number of nitrogens with zero attached hydrogens (tertiary/aromatic N) is 4. The van der Waals surface area contributed by atoms with Gasteiger partial charge in [-0.05, 0) is 29.7 Å². The number of anilines is 1. The van der Waals surface area contributed by atoms with Gasteiger partial charge in [0.15, 0.2) is 11.5 Å². The Morgan fingerprint density at radius 3 is 3.04 bits per heavy atom. The molecule has 3 aromatic heterocycles. The highest BCUT2D eigenvalue weighted by Gasteiger charge is 2.11. The van der Waals surface area contributed by atoms with Gasteiger partial charge >= 0.3 is 0 Å². The van der Waals surface area contributed by atoms with Gasteiger partial charge in [-0.3, -0.25) is 4.79 Å². The SMILES string of the molecule is COc1ccc2nnc(CCC(=O)Nc3ccc4cc[nH]c4c3)n2n1. The normalized spacial score (nSPS) is 11.1. The fourth-order valence-electron chi connectivity index (χ4n) is 2.66. The van der Waals surface area contributed by atoms with Crippen molar-refractivity contribution in [1.29, 1.82) is 0 Å². The summed E-state index contributed by atoms with van der Waals surface area (Å²) in [5, 5.41) is 16.4. The van der Waals surface area contributed by atoms with E-state index >= 15 is 0 Å². The number of rotatable bonds is 5. The maximum atomic E-state index is 12.2. The molecule has 0 saturated carbocycles. The molecule has 4 rings (SSSR count). The van der Waals surface area contributed by atoms with Crippen molar-refractivity contribution in [2.24, 2.45) is 0 Å². The van der Waals surface area contributed by atoms with Crippen LogP contribution < -0.4 is 10.1 Å². The number of nitrogens with one attached hydrogen (secondary N) is 2. The Kier molecular flexibility index (Phi) is 3.77. The van der Waals surface area contributed by atoms with E-state index in [1.165, 1.54) is 0 Å². The summed E-state index contributed by atoms with van der Waals surface area (Å²) in [5.74, 6) is 0.992. The number of hydrogen-bond acceptors (Lipinski definition) is 5. The molecule has 126 valence electrons. The highest BCUT2D eigenvalue weighted by molar-refractivity contribution is 5.93. The number of aryl methyl sites for hydroxylation is 1. The molecule has 0 aliphatic carbocycles. The van der Waals surface area contributed by atoms with Crippen LogP contribution in [-0.2, 0) is 11.2 Å². The van der Waals surface area contributed by atoms with Crippen molar-refractivity contribution in [3.05, 3.63) is 48.4 Å². The maximum absolute atomic E-state index is 12.2. The second-order valence-corrected chi connectivity index (χ2v) is 5.59. The number of aromatic nitrogens is 5. The molecule has 1 aromatic carbocycles. The van der Waals surface area contributed by atoms with Crippen LogP contribution in [0, 0.1) is 0 Å². The Bertz CT molecular complexity index is 1050. The molecule has 0 aliphatic rings. The average molecular weight is 336 g/mol. The first-order valence-electron chi connectivity index (χ1n) is 7.85. The lowest BCUT2D eigenvalue weighted by Crippen LogP contribution is -2.13. The minimum Gasteiger partial charge on any atom is -0.480 e. The average Bonchev–Trinajstić information content (AvgIpc) is 3.25. The highest BCUT2D eigenvalue weighted by atomic mass is 16.5. The number of carbonyl (C=O) groups excluding carboxylic acids is 1. The number of aromatic amines is 1. The molecule has 0 bridgehead atoms. The van der Waals surface area contributed by atoms with Gasteiger partial charge in [-0.2, -0.15) is 4.52 Å². The Morgan fingerprint density at radius 1 is 1.24 bits per heavy atom. The number of H-pyrrole nitrogens is 1. The van der Waals surface area contributed by atoms with Crippen LogP contribution in [0.2, 0.25) is 0 Å². The molecule has 0 atom stereocenters. The predicted molar refractivity (Wildman–Crippen MR) is 92.6 cm³/mol. The van der Waals surface area contributed by atoms with Crippen LogP contribution in [0.5, 0.6) is 5.88 Å². The number of fused-ring (bicyclic) bond motifs is 2. The molecular formula is C17H16N6O2. The van der Waals surface area contributed by atoms with Gasteiger partial charge in [0.25, 0.3) is 0 Å². The van der Waals surface area contributed by atoms with E-state index in [4.69, 9.17) is 4.74 Å². The second-order valence-electron chi connectivity index (χ2n) is 5.59. The first-order valence-corrected chi connectivity index (χ1v) is 7.85. The summed E-state index contributed by atoms with van der Waals surface area (Å²) >= 11 is 0. The molecule has 0 saturated heterocycles. The lowest BCUT2D eigenvalue weighted by atomic mass is 10.2. The molecule has 3 heterocycles. The number of benzene rings is 1. The number of ether oxygens (including phenoxy) is 1. The summed E-state index contributed by atoms with van der Waals surface area (Å²) < 4.78 is 6.70. The topological polar surface area (TPSA) is 97.2 Å². The summed E-state index contributed by atoms with van der Waals surface area (Å²) in [5.41, 5.74) is 2.36. The molecule has 2 N–H and O–H groups in total. The molecule has 0 radical (unpaired) electrons. The van der Waals surface area contributed by atoms with Gasteiger partial charge in [0.05, 0.1) is 7.11 Å². The van der Waals surface area contributed by atoms with Gasteiger partial charge in [-0.25, -0.2) is 0 Å². The van der Waals surface area contributed by atoms with Crippen molar-refractivity contribution >= 4 is 28.1 Å². The molecule has 4 aromatic rings. The molecule has 0 fully saturated rings. The largest absolute Gasteiger partial charge is 0.480 e. The number of carbonyl (C=O) groups is 1. The molecule has 0 aliphatic heterocycles. The van der Waals surface area contributed by atoms with E-state index in [0.717, 1.165) is 16.6 Å². The quantitative estimate of drug-likeness (QED) is 0.582. The Hall–Kier alpha value is -3.42. The lowest BCUT2D eigenvalue weighted by molar-refractivity contribution is -0.116. The summed E-state index contributed by atoms with van der Waals surface area (Å²) in [7, 11) is 1.55. The molecule has 8 heteroatoms. The fraction of sp³-hybridized carbons (Fsp3) is 0.176. The minimum atomic E-state index is -0.0921. The maximum Gasteiger partial charge on any atom is 0.231 e. The number of amides is 1. The van der Waals surface area contributed by atoms with Crippen molar-refractivity contribution in [3.63, 3.8) is 0 Å². The molecular weight excluding hydrogens is 320 g/mol. The van der Waals surface area contributed by atoms with Gasteiger partial charge in [-0.15, -0.1) is 15.3 Å². The van der Waals surface area contributed by atoms with Crippen LogP contribution in [0.15, 0.2) is 42.6 Å². The second kappa shape index (κ2) is 6.23. The lowest BCUT2D eigenvalue weighted by Gasteiger charge is -2.05. The van der Waals surface area contributed by atoms with Gasteiger partial charge in [-0.1, -0.05) is 6.07 Å². The van der Waals surface area contributed by atoms with E-state index in [-0.39, 0.29) is 12.3 Å². The van der Waals surface area contributed by atoms with Crippen molar-refractivity contribution in [2.75, 3.05) is 12.4 Å². The summed E-state index contributed by atoms with van der Waals surface area (Å²) in [6.07, 6.45) is 2.58. The summed E-state index contributed by atoms with van der Waals surface area (Å²) in [6, 6.07) is 11.2. The van der Waals surface area contributed by atoms with E-state index in [1.54, 1.807) is 23.8 Å². The number of methoxy groups -OCH3 is 1. The summed E-state index contributed by atoms with van der Waals surface area (Å²) in [6.45, 7) is 0. The van der Waals surface area contributed by atoms with Crippen LogP contribution in [-0.4, -0.2) is 37.8 Å². The van der Waals surface area contributed by atoms with E-state index in [2.05, 4.69) is 25.6 Å². The van der Waals surface area contributed by atoms with Gasteiger partial charge in [0.1, 0.15) is 0 Å². The number of hydrogen-bond donors (Lipinski definition) is 2. The zero-order valence-electron chi connectivity index (χ0n) is 13.6. The molecule has 0 spiro atoms. The third-order valence-electron chi connectivity index (χ3n) is 3.93. The van der Waals surface area contributed by atoms with Crippen LogP contribution in [0.25, 0.3) is 16.6 Å². The van der Waals surface area contributed by atoms with Crippen molar-refractivity contribution in [2.45, 2.75) is 12.8 Å². The fourth-order valence-corrected chi connectivity index (χ4v) is 2.66. The molecule has 25 heavy (non-hydrogen) atoms. The smallest absolute Gasteiger partial charge is 0.231 e. The first kappa shape index (κ1) is 15.1. The van der Waals surface area contributed by atoms with Crippen molar-refractivity contribution in [1.82, 2.24) is 24.8 Å². The van der Waals surface area contributed by atoms with Crippen LogP contribution in [0.1, 0.15) is 12.2 Å². The third-order valence-corrected chi connectivity index (χ3v) is 3.93. The van der Waals surface area contributed by atoms with E-state index in [0.29, 0.717) is 23.8 Å². The van der Waals surface area contributed by atoms with Gasteiger partial charge in [0.2, 0.25) is 11.8 Å². The highest BCUT2D eigenvalue weighted by Crippen LogP contribution is 2.18. The molecule has 0 unspecified atom stereocenters. The van der Waals surface area contributed by atoms with E-state index < -0.39 is 0 Å². The molecule has 8 nitrogen and oxygen atoms in total. The first-order chi connectivity index (χ1) is 12.2. The Balaban J connectivity index is 1.44. The van der Waals surface area contributed by atoms with Crippen LogP contribution in [0.3, 0.4) is 0 Å². The zero-order chi connectivity index (χ0) is 17.2. The predicted octanol–water partition coefficient (Wildman–Crippen LogP) is 2.19. The Morgan fingerprint density at radius 2 is 2.16 bits per heavy atom. The third kappa shape index (κ3) is 3.01. The van der Waals surface area contributed by atoms with Crippen LogP contribution >= 0.6 is 0 Å². The van der Waals surface area contributed by atoms with Crippen LogP contribution in [0.4, 0.5) is 5.69 Å². The van der Waals surface area contributed by atoms with Gasteiger partial charge in [0, 0.05) is 36.3 Å². The van der Waals surface area contributed by atoms with Crippen molar-refractivity contribution in [3.8, 4) is 5.88 Å². The van der Waals surface area contributed by atoms with E-state index in [9.17, 15) is 4.79 Å². The van der Waals surface area contributed by atoms with Gasteiger partial charge < -0.3 is 15.0 Å². The summed E-state index contributed by atoms with van der Waals surface area (Å²) in [4.78, 5) is 15.3.